The van der Waals surface area contributed by atoms with Crippen molar-refractivity contribution < 1.29 is 9.53 Å². The minimum Gasteiger partial charge on any atom is -0.465 e. The molecule has 3 heterocycles. The predicted octanol–water partition coefficient (Wildman–Crippen LogP) is 2.82. The Labute approximate surface area is 123 Å². The topological polar surface area (TPSA) is 56.5 Å². The van der Waals surface area contributed by atoms with Gasteiger partial charge < -0.3 is 4.74 Å². The van der Waals surface area contributed by atoms with Crippen LogP contribution in [-0.4, -0.2) is 27.7 Å². The number of hydrogen-bond donors (Lipinski definition) is 0. The first-order valence-corrected chi connectivity index (χ1v) is 7.13. The quantitative estimate of drug-likeness (QED) is 0.698. The van der Waals surface area contributed by atoms with Gasteiger partial charge in [-0.1, -0.05) is 11.6 Å². The summed E-state index contributed by atoms with van der Waals surface area (Å²) in [4.78, 5) is 11.6. The number of methoxy groups -OCH3 is 1. The standard InChI is InChI=1S/C13H10ClN3O2S/c1-19-13(18)9-5-10(14)12-16-15-11(17(12)6-9)4-8-2-3-20-7-8/h2-3,5-7H,4H2,1H3. The van der Waals surface area contributed by atoms with E-state index < -0.39 is 5.97 Å². The van der Waals surface area contributed by atoms with Crippen LogP contribution in [0.2, 0.25) is 5.02 Å². The average Bonchev–Trinajstić information content (AvgIpc) is 3.09. The molecule has 7 heteroatoms. The van der Waals surface area contributed by atoms with Gasteiger partial charge in [0.1, 0.15) is 5.82 Å². The number of esters is 1. The van der Waals surface area contributed by atoms with Crippen LogP contribution < -0.4 is 0 Å². The molecule has 0 aromatic carbocycles. The second kappa shape index (κ2) is 5.22. The van der Waals surface area contributed by atoms with Crippen molar-refractivity contribution in [3.63, 3.8) is 0 Å². The van der Waals surface area contributed by atoms with E-state index in [0.717, 1.165) is 11.4 Å². The van der Waals surface area contributed by atoms with Gasteiger partial charge in [-0.05, 0) is 28.5 Å². The molecule has 3 aromatic rings. The van der Waals surface area contributed by atoms with Crippen molar-refractivity contribution in [3.8, 4) is 0 Å². The molecule has 20 heavy (non-hydrogen) atoms. The van der Waals surface area contributed by atoms with Gasteiger partial charge in [-0.3, -0.25) is 4.40 Å². The maximum atomic E-state index is 11.6. The van der Waals surface area contributed by atoms with Crippen LogP contribution in [0, 0.1) is 0 Å². The summed E-state index contributed by atoms with van der Waals surface area (Å²) in [5.41, 5.74) is 2.05. The molecule has 102 valence electrons. The van der Waals surface area contributed by atoms with Crippen LogP contribution in [0.15, 0.2) is 29.1 Å². The fourth-order valence-electron chi connectivity index (χ4n) is 1.93. The van der Waals surface area contributed by atoms with E-state index in [4.69, 9.17) is 16.3 Å². The van der Waals surface area contributed by atoms with Crippen LogP contribution in [0.1, 0.15) is 21.7 Å². The van der Waals surface area contributed by atoms with Crippen molar-refractivity contribution >= 4 is 34.6 Å². The van der Waals surface area contributed by atoms with E-state index in [9.17, 15) is 4.79 Å². The SMILES string of the molecule is COC(=O)c1cc(Cl)c2nnc(Cc3ccsc3)n2c1. The minimum atomic E-state index is -0.441. The van der Waals surface area contributed by atoms with Crippen LogP contribution in [0.25, 0.3) is 5.65 Å². The molecule has 0 unspecified atom stereocenters. The molecule has 0 fully saturated rings. The third-order valence-corrected chi connectivity index (χ3v) is 3.90. The largest absolute Gasteiger partial charge is 0.465 e. The molecule has 0 aliphatic carbocycles. The number of rotatable bonds is 3. The van der Waals surface area contributed by atoms with Crippen molar-refractivity contribution in [3.05, 3.63) is 51.1 Å². The summed E-state index contributed by atoms with van der Waals surface area (Å²) in [5.74, 6) is 0.287. The molecule has 0 aliphatic rings. The van der Waals surface area contributed by atoms with E-state index in [1.165, 1.54) is 13.2 Å². The van der Waals surface area contributed by atoms with E-state index in [1.54, 1.807) is 21.9 Å². The van der Waals surface area contributed by atoms with Gasteiger partial charge in [0.05, 0.1) is 17.7 Å². The number of nitrogens with zero attached hydrogens (tertiary/aromatic N) is 3. The molecule has 3 rings (SSSR count). The number of carbonyl (C=O) groups excluding carboxylic acids is 1. The average molecular weight is 308 g/mol. The maximum Gasteiger partial charge on any atom is 0.339 e. The van der Waals surface area contributed by atoms with Crippen LogP contribution in [-0.2, 0) is 11.2 Å². The number of thiophene rings is 1. The summed E-state index contributed by atoms with van der Waals surface area (Å²) in [6.45, 7) is 0. The first-order chi connectivity index (χ1) is 9.69. The molecule has 0 bridgehead atoms. The van der Waals surface area contributed by atoms with Crippen molar-refractivity contribution in [2.75, 3.05) is 7.11 Å². The summed E-state index contributed by atoms with van der Waals surface area (Å²) in [6, 6.07) is 3.56. The highest BCUT2D eigenvalue weighted by atomic mass is 35.5. The lowest BCUT2D eigenvalue weighted by Crippen LogP contribution is -2.05. The van der Waals surface area contributed by atoms with Gasteiger partial charge >= 0.3 is 5.97 Å². The molecule has 0 aliphatic heterocycles. The lowest BCUT2D eigenvalue weighted by atomic mass is 10.2. The molecule has 0 amide bonds. The molecule has 0 radical (unpaired) electrons. The summed E-state index contributed by atoms with van der Waals surface area (Å²) in [5, 5.41) is 12.6. The third-order valence-electron chi connectivity index (χ3n) is 2.89. The zero-order valence-electron chi connectivity index (χ0n) is 10.5. The Hall–Kier alpha value is -1.92. The Bertz CT molecular complexity index is 767. The van der Waals surface area contributed by atoms with Crippen molar-refractivity contribution in [1.82, 2.24) is 14.6 Å². The summed E-state index contributed by atoms with van der Waals surface area (Å²) in [6.07, 6.45) is 2.28. The molecular weight excluding hydrogens is 298 g/mol. The number of ether oxygens (including phenoxy) is 1. The highest BCUT2D eigenvalue weighted by molar-refractivity contribution is 7.07. The number of pyridine rings is 1. The van der Waals surface area contributed by atoms with E-state index in [2.05, 4.69) is 10.2 Å². The first kappa shape index (κ1) is 13.1. The molecule has 3 aromatic heterocycles. The normalized spacial score (nSPS) is 10.9. The molecule has 0 atom stereocenters. The number of hydrogen-bond acceptors (Lipinski definition) is 5. The fourth-order valence-corrected chi connectivity index (χ4v) is 2.84. The van der Waals surface area contributed by atoms with E-state index in [1.807, 2.05) is 16.8 Å². The summed E-state index contributed by atoms with van der Waals surface area (Å²) >= 11 is 7.75. The van der Waals surface area contributed by atoms with Gasteiger partial charge in [0, 0.05) is 12.6 Å². The van der Waals surface area contributed by atoms with Gasteiger partial charge in [-0.25, -0.2) is 4.79 Å². The summed E-state index contributed by atoms with van der Waals surface area (Å²) < 4.78 is 6.44. The van der Waals surface area contributed by atoms with Crippen molar-refractivity contribution in [2.45, 2.75) is 6.42 Å². The molecule has 0 saturated heterocycles. The first-order valence-electron chi connectivity index (χ1n) is 5.81. The number of halogens is 1. The van der Waals surface area contributed by atoms with E-state index in [0.29, 0.717) is 22.7 Å². The second-order valence-electron chi connectivity index (χ2n) is 4.19. The van der Waals surface area contributed by atoms with Crippen molar-refractivity contribution in [2.24, 2.45) is 0 Å². The Morgan fingerprint density at radius 3 is 3.05 bits per heavy atom. The van der Waals surface area contributed by atoms with Gasteiger partial charge in [0.2, 0.25) is 0 Å². The predicted molar refractivity (Wildman–Crippen MR) is 76.5 cm³/mol. The zero-order valence-corrected chi connectivity index (χ0v) is 12.1. The van der Waals surface area contributed by atoms with Crippen LogP contribution in [0.4, 0.5) is 0 Å². The van der Waals surface area contributed by atoms with Crippen LogP contribution in [0.3, 0.4) is 0 Å². The van der Waals surface area contributed by atoms with Gasteiger partial charge in [0.15, 0.2) is 5.65 Å². The molecular formula is C13H10ClN3O2S. The lowest BCUT2D eigenvalue weighted by Gasteiger charge is -2.04. The van der Waals surface area contributed by atoms with E-state index in [-0.39, 0.29) is 0 Å². The highest BCUT2D eigenvalue weighted by Crippen LogP contribution is 2.20. The van der Waals surface area contributed by atoms with Crippen molar-refractivity contribution in [1.29, 1.82) is 0 Å². The summed E-state index contributed by atoms with van der Waals surface area (Å²) in [7, 11) is 1.33. The van der Waals surface area contributed by atoms with E-state index >= 15 is 0 Å². The monoisotopic (exact) mass is 307 g/mol. The number of carbonyl (C=O) groups is 1. The molecule has 0 spiro atoms. The Kier molecular flexibility index (Phi) is 3.42. The van der Waals surface area contributed by atoms with Crippen LogP contribution >= 0.6 is 22.9 Å². The van der Waals surface area contributed by atoms with Crippen LogP contribution in [0.5, 0.6) is 0 Å². The van der Waals surface area contributed by atoms with Gasteiger partial charge in [-0.15, -0.1) is 10.2 Å². The molecule has 0 N–H and O–H groups in total. The maximum absolute atomic E-state index is 11.6. The fraction of sp³-hybridized carbons (Fsp3) is 0.154. The number of fused-ring (bicyclic) bond motifs is 1. The Morgan fingerprint density at radius 2 is 2.35 bits per heavy atom. The lowest BCUT2D eigenvalue weighted by molar-refractivity contribution is 0.0600. The van der Waals surface area contributed by atoms with Gasteiger partial charge in [0.25, 0.3) is 0 Å². The Morgan fingerprint density at radius 1 is 1.50 bits per heavy atom. The number of aromatic nitrogens is 3. The second-order valence-corrected chi connectivity index (χ2v) is 5.37. The smallest absolute Gasteiger partial charge is 0.339 e. The highest BCUT2D eigenvalue weighted by Gasteiger charge is 2.14. The third kappa shape index (κ3) is 2.28. The zero-order chi connectivity index (χ0) is 14.1. The van der Waals surface area contributed by atoms with Gasteiger partial charge in [-0.2, -0.15) is 11.3 Å². The minimum absolute atomic E-state index is 0.372. The Balaban J connectivity index is 2.09. The molecule has 0 saturated carbocycles. The molecule has 5 nitrogen and oxygen atoms in total.